The minimum absolute atomic E-state index is 0.251. The van der Waals surface area contributed by atoms with Crippen molar-refractivity contribution in [2.24, 2.45) is 5.92 Å². The van der Waals surface area contributed by atoms with Gasteiger partial charge in [0.2, 0.25) is 0 Å². The number of benzene rings is 2. The largest absolute Gasteiger partial charge is 0.493 e. The Bertz CT molecular complexity index is 887. The second kappa shape index (κ2) is 9.97. The first-order valence-corrected chi connectivity index (χ1v) is 8.82. The van der Waals surface area contributed by atoms with Crippen LogP contribution in [0.5, 0.6) is 11.5 Å². The number of nitrogens with one attached hydrogen (secondary N) is 2. The van der Waals surface area contributed by atoms with Gasteiger partial charge in [-0.2, -0.15) is 5.26 Å². The quantitative estimate of drug-likeness (QED) is 0.732. The van der Waals surface area contributed by atoms with Crippen LogP contribution in [0.3, 0.4) is 0 Å². The molecule has 0 bridgehead atoms. The van der Waals surface area contributed by atoms with E-state index in [2.05, 4.69) is 10.6 Å². The fraction of sp³-hybridized carbons (Fsp3) is 0.286. The SMILES string of the molecule is COc1cc(C#N)ccc1OCC(=O)Nc1ccccc1C(=O)NCC(C)C. The molecule has 0 heterocycles. The summed E-state index contributed by atoms with van der Waals surface area (Å²) in [5, 5.41) is 14.4. The van der Waals surface area contributed by atoms with Crippen molar-refractivity contribution >= 4 is 17.5 Å². The number of para-hydroxylation sites is 1. The molecule has 0 atom stereocenters. The molecule has 0 saturated carbocycles. The maximum Gasteiger partial charge on any atom is 0.262 e. The number of anilines is 1. The van der Waals surface area contributed by atoms with Gasteiger partial charge in [0, 0.05) is 12.6 Å². The average Bonchev–Trinajstić information content (AvgIpc) is 2.70. The van der Waals surface area contributed by atoms with E-state index in [0.717, 1.165) is 0 Å². The zero-order chi connectivity index (χ0) is 20.5. The lowest BCUT2D eigenvalue weighted by Crippen LogP contribution is -2.29. The number of hydrogen-bond acceptors (Lipinski definition) is 5. The smallest absolute Gasteiger partial charge is 0.262 e. The normalized spacial score (nSPS) is 10.1. The molecule has 0 aliphatic heterocycles. The molecular formula is C21H23N3O4. The average molecular weight is 381 g/mol. The van der Waals surface area contributed by atoms with Crippen molar-refractivity contribution in [3.63, 3.8) is 0 Å². The Morgan fingerprint density at radius 1 is 1.14 bits per heavy atom. The van der Waals surface area contributed by atoms with Gasteiger partial charge in [0.25, 0.3) is 11.8 Å². The number of methoxy groups -OCH3 is 1. The van der Waals surface area contributed by atoms with Gasteiger partial charge >= 0.3 is 0 Å². The van der Waals surface area contributed by atoms with Crippen LogP contribution in [0.15, 0.2) is 42.5 Å². The first kappa shape index (κ1) is 20.8. The number of carbonyl (C=O) groups excluding carboxylic acids is 2. The number of amides is 2. The molecule has 7 heteroatoms. The summed E-state index contributed by atoms with van der Waals surface area (Å²) in [6.07, 6.45) is 0. The molecule has 7 nitrogen and oxygen atoms in total. The molecule has 0 aliphatic rings. The molecule has 146 valence electrons. The van der Waals surface area contributed by atoms with Gasteiger partial charge in [0.05, 0.1) is 30.0 Å². The van der Waals surface area contributed by atoms with E-state index < -0.39 is 5.91 Å². The second-order valence-corrected chi connectivity index (χ2v) is 6.46. The van der Waals surface area contributed by atoms with E-state index in [0.29, 0.717) is 40.8 Å². The van der Waals surface area contributed by atoms with Crippen molar-refractivity contribution in [2.75, 3.05) is 25.6 Å². The molecule has 2 amide bonds. The van der Waals surface area contributed by atoms with E-state index in [1.54, 1.807) is 36.4 Å². The summed E-state index contributed by atoms with van der Waals surface area (Å²) in [6.45, 7) is 4.28. The molecule has 2 N–H and O–H groups in total. The van der Waals surface area contributed by atoms with Crippen LogP contribution in [0.1, 0.15) is 29.8 Å². The zero-order valence-electron chi connectivity index (χ0n) is 16.1. The number of nitrogens with zero attached hydrogens (tertiary/aromatic N) is 1. The number of nitriles is 1. The number of ether oxygens (including phenoxy) is 2. The Morgan fingerprint density at radius 3 is 2.57 bits per heavy atom. The van der Waals surface area contributed by atoms with E-state index >= 15 is 0 Å². The van der Waals surface area contributed by atoms with Gasteiger partial charge < -0.3 is 20.1 Å². The summed E-state index contributed by atoms with van der Waals surface area (Å²) in [7, 11) is 1.45. The zero-order valence-corrected chi connectivity index (χ0v) is 16.1. The fourth-order valence-electron chi connectivity index (χ4n) is 2.37. The lowest BCUT2D eigenvalue weighted by Gasteiger charge is -2.13. The van der Waals surface area contributed by atoms with Gasteiger partial charge in [-0.3, -0.25) is 9.59 Å². The van der Waals surface area contributed by atoms with Gasteiger partial charge in [-0.05, 0) is 30.2 Å². The maximum absolute atomic E-state index is 12.3. The first-order chi connectivity index (χ1) is 13.4. The molecular weight excluding hydrogens is 358 g/mol. The highest BCUT2D eigenvalue weighted by Gasteiger charge is 2.14. The summed E-state index contributed by atoms with van der Waals surface area (Å²) in [5.41, 5.74) is 1.21. The van der Waals surface area contributed by atoms with Crippen LogP contribution in [0.25, 0.3) is 0 Å². The van der Waals surface area contributed by atoms with Crippen LogP contribution in [0.2, 0.25) is 0 Å². The highest BCUT2D eigenvalue weighted by atomic mass is 16.5. The molecule has 0 spiro atoms. The van der Waals surface area contributed by atoms with E-state index in [9.17, 15) is 9.59 Å². The van der Waals surface area contributed by atoms with Crippen LogP contribution in [-0.4, -0.2) is 32.1 Å². The van der Waals surface area contributed by atoms with E-state index in [4.69, 9.17) is 14.7 Å². The van der Waals surface area contributed by atoms with Crippen LogP contribution in [0.4, 0.5) is 5.69 Å². The number of carbonyl (C=O) groups is 2. The van der Waals surface area contributed by atoms with Crippen molar-refractivity contribution in [3.8, 4) is 17.6 Å². The monoisotopic (exact) mass is 381 g/mol. The minimum Gasteiger partial charge on any atom is -0.493 e. The summed E-state index contributed by atoms with van der Waals surface area (Å²) in [6, 6.07) is 13.5. The van der Waals surface area contributed by atoms with Crippen molar-refractivity contribution in [1.82, 2.24) is 5.32 Å². The van der Waals surface area contributed by atoms with Crippen LogP contribution in [-0.2, 0) is 4.79 Å². The Labute approximate surface area is 164 Å². The molecule has 2 aromatic rings. The third-order valence-corrected chi connectivity index (χ3v) is 3.77. The fourth-order valence-corrected chi connectivity index (χ4v) is 2.37. The summed E-state index contributed by atoms with van der Waals surface area (Å²) in [5.74, 6) is 0.358. The van der Waals surface area contributed by atoms with Crippen molar-refractivity contribution in [3.05, 3.63) is 53.6 Å². The third-order valence-electron chi connectivity index (χ3n) is 3.77. The third kappa shape index (κ3) is 5.74. The highest BCUT2D eigenvalue weighted by Crippen LogP contribution is 2.27. The number of hydrogen-bond donors (Lipinski definition) is 2. The van der Waals surface area contributed by atoms with Crippen molar-refractivity contribution in [2.45, 2.75) is 13.8 Å². The molecule has 2 aromatic carbocycles. The molecule has 28 heavy (non-hydrogen) atoms. The predicted octanol–water partition coefficient (Wildman–Crippen LogP) is 2.97. The van der Waals surface area contributed by atoms with Crippen LogP contribution in [0, 0.1) is 17.2 Å². The standard InChI is InChI=1S/C21H23N3O4/c1-14(2)12-23-21(26)16-6-4-5-7-17(16)24-20(25)13-28-18-9-8-15(11-22)10-19(18)27-3/h4-10,14H,12-13H2,1-3H3,(H,23,26)(H,24,25). The predicted molar refractivity (Wildman–Crippen MR) is 105 cm³/mol. The lowest BCUT2D eigenvalue weighted by atomic mass is 10.1. The highest BCUT2D eigenvalue weighted by molar-refractivity contribution is 6.04. The Kier molecular flexibility index (Phi) is 7.40. The van der Waals surface area contributed by atoms with E-state index in [1.807, 2.05) is 19.9 Å². The van der Waals surface area contributed by atoms with Crippen molar-refractivity contribution < 1.29 is 19.1 Å². The first-order valence-electron chi connectivity index (χ1n) is 8.82. The van der Waals surface area contributed by atoms with Crippen molar-refractivity contribution in [1.29, 1.82) is 5.26 Å². The van der Waals surface area contributed by atoms with E-state index in [-0.39, 0.29) is 12.5 Å². The maximum atomic E-state index is 12.3. The Morgan fingerprint density at radius 2 is 1.89 bits per heavy atom. The molecule has 0 radical (unpaired) electrons. The topological polar surface area (TPSA) is 100 Å². The Balaban J connectivity index is 2.02. The Hall–Kier alpha value is -3.53. The van der Waals surface area contributed by atoms with Gasteiger partial charge in [0.15, 0.2) is 18.1 Å². The summed E-state index contributed by atoms with van der Waals surface area (Å²) < 4.78 is 10.7. The molecule has 0 fully saturated rings. The molecule has 0 saturated heterocycles. The summed E-state index contributed by atoms with van der Waals surface area (Å²) >= 11 is 0. The van der Waals surface area contributed by atoms with E-state index in [1.165, 1.54) is 13.2 Å². The van der Waals surface area contributed by atoms with Gasteiger partial charge in [-0.25, -0.2) is 0 Å². The molecule has 0 aromatic heterocycles. The lowest BCUT2D eigenvalue weighted by molar-refractivity contribution is -0.118. The van der Waals surface area contributed by atoms with Gasteiger partial charge in [-0.15, -0.1) is 0 Å². The van der Waals surface area contributed by atoms with Crippen LogP contribution < -0.4 is 20.1 Å². The van der Waals surface area contributed by atoms with Gasteiger partial charge in [-0.1, -0.05) is 26.0 Å². The molecule has 2 rings (SSSR count). The van der Waals surface area contributed by atoms with Crippen LogP contribution >= 0.6 is 0 Å². The minimum atomic E-state index is -0.421. The summed E-state index contributed by atoms with van der Waals surface area (Å²) in [4.78, 5) is 24.6. The van der Waals surface area contributed by atoms with Gasteiger partial charge in [0.1, 0.15) is 0 Å². The number of rotatable bonds is 8. The second-order valence-electron chi connectivity index (χ2n) is 6.46. The molecule has 0 aliphatic carbocycles. The molecule has 0 unspecified atom stereocenters.